The van der Waals surface area contributed by atoms with Crippen molar-refractivity contribution in [1.29, 1.82) is 0 Å². The Morgan fingerprint density at radius 3 is 2.63 bits per heavy atom. The zero-order valence-corrected chi connectivity index (χ0v) is 10.8. The molecule has 0 atom stereocenters. The standard InChI is InChI=1S/C14H18N2O3/c17-9-8-15-4-6-16(7-5-15)14(19)13-3-1-2-12(10-13)11-18/h1-3,10-11,17H,4-9H2. The molecule has 5 heteroatoms. The normalized spacial score (nSPS) is 16.4. The second-order valence-electron chi connectivity index (χ2n) is 4.60. The molecular formula is C14H18N2O3. The molecule has 1 aliphatic rings. The summed E-state index contributed by atoms with van der Waals surface area (Å²) in [6.45, 7) is 3.67. The van der Waals surface area contributed by atoms with Crippen molar-refractivity contribution in [3.8, 4) is 0 Å². The first-order valence-electron chi connectivity index (χ1n) is 6.42. The number of carbonyl (C=O) groups excluding carboxylic acids is 2. The zero-order valence-electron chi connectivity index (χ0n) is 10.8. The van der Waals surface area contributed by atoms with E-state index in [2.05, 4.69) is 4.90 Å². The molecule has 1 aromatic rings. The topological polar surface area (TPSA) is 60.9 Å². The highest BCUT2D eigenvalue weighted by Crippen LogP contribution is 2.10. The van der Waals surface area contributed by atoms with E-state index in [1.807, 2.05) is 0 Å². The van der Waals surface area contributed by atoms with Crippen molar-refractivity contribution in [2.24, 2.45) is 0 Å². The summed E-state index contributed by atoms with van der Waals surface area (Å²) in [5.41, 5.74) is 1.07. The van der Waals surface area contributed by atoms with Crippen molar-refractivity contribution >= 4 is 12.2 Å². The third-order valence-corrected chi connectivity index (χ3v) is 3.35. The number of aliphatic hydroxyl groups is 1. The summed E-state index contributed by atoms with van der Waals surface area (Å²) in [6, 6.07) is 6.76. The highest BCUT2D eigenvalue weighted by Gasteiger charge is 2.21. The van der Waals surface area contributed by atoms with Gasteiger partial charge in [0.05, 0.1) is 6.61 Å². The van der Waals surface area contributed by atoms with E-state index in [4.69, 9.17) is 5.11 Å². The predicted octanol–water partition coefficient (Wildman–Crippen LogP) is 0.249. The highest BCUT2D eigenvalue weighted by atomic mass is 16.3. The number of piperazine rings is 1. The van der Waals surface area contributed by atoms with Crippen LogP contribution >= 0.6 is 0 Å². The van der Waals surface area contributed by atoms with Crippen molar-refractivity contribution in [2.45, 2.75) is 0 Å². The Bertz CT molecular complexity index is 454. The molecule has 1 aliphatic heterocycles. The number of aldehydes is 1. The summed E-state index contributed by atoms with van der Waals surface area (Å²) >= 11 is 0. The smallest absolute Gasteiger partial charge is 0.253 e. The van der Waals surface area contributed by atoms with Crippen molar-refractivity contribution in [3.05, 3.63) is 35.4 Å². The first-order chi connectivity index (χ1) is 9.24. The Labute approximate surface area is 112 Å². The number of carbonyl (C=O) groups is 2. The molecule has 1 saturated heterocycles. The summed E-state index contributed by atoms with van der Waals surface area (Å²) in [6.07, 6.45) is 0.746. The number of hydrogen-bond acceptors (Lipinski definition) is 4. The Kier molecular flexibility index (Phi) is 4.65. The van der Waals surface area contributed by atoms with Gasteiger partial charge in [0.25, 0.3) is 5.91 Å². The Morgan fingerprint density at radius 2 is 2.00 bits per heavy atom. The van der Waals surface area contributed by atoms with Gasteiger partial charge in [-0.15, -0.1) is 0 Å². The van der Waals surface area contributed by atoms with Gasteiger partial charge in [0.2, 0.25) is 0 Å². The Balaban J connectivity index is 1.99. The van der Waals surface area contributed by atoms with E-state index in [9.17, 15) is 9.59 Å². The van der Waals surface area contributed by atoms with Gasteiger partial charge in [-0.25, -0.2) is 0 Å². The summed E-state index contributed by atoms with van der Waals surface area (Å²) in [7, 11) is 0. The van der Waals surface area contributed by atoms with Crippen LogP contribution in [0.2, 0.25) is 0 Å². The van der Waals surface area contributed by atoms with E-state index in [1.165, 1.54) is 0 Å². The molecule has 2 rings (SSSR count). The molecule has 1 aromatic carbocycles. The quantitative estimate of drug-likeness (QED) is 0.790. The fourth-order valence-corrected chi connectivity index (χ4v) is 2.24. The second-order valence-corrected chi connectivity index (χ2v) is 4.60. The molecule has 5 nitrogen and oxygen atoms in total. The first-order valence-corrected chi connectivity index (χ1v) is 6.42. The molecule has 0 bridgehead atoms. The fourth-order valence-electron chi connectivity index (χ4n) is 2.24. The van der Waals surface area contributed by atoms with E-state index in [1.54, 1.807) is 29.2 Å². The fraction of sp³-hybridized carbons (Fsp3) is 0.429. The molecule has 0 radical (unpaired) electrons. The molecule has 1 fully saturated rings. The number of rotatable bonds is 4. The maximum Gasteiger partial charge on any atom is 0.253 e. The van der Waals surface area contributed by atoms with E-state index in [-0.39, 0.29) is 12.5 Å². The van der Waals surface area contributed by atoms with Crippen LogP contribution in [-0.2, 0) is 0 Å². The van der Waals surface area contributed by atoms with E-state index >= 15 is 0 Å². The Morgan fingerprint density at radius 1 is 1.26 bits per heavy atom. The van der Waals surface area contributed by atoms with Crippen LogP contribution in [0.3, 0.4) is 0 Å². The average molecular weight is 262 g/mol. The lowest BCUT2D eigenvalue weighted by atomic mass is 10.1. The van der Waals surface area contributed by atoms with Gasteiger partial charge in [-0.1, -0.05) is 12.1 Å². The molecule has 102 valence electrons. The third-order valence-electron chi connectivity index (χ3n) is 3.35. The van der Waals surface area contributed by atoms with Crippen LogP contribution in [0, 0.1) is 0 Å². The monoisotopic (exact) mass is 262 g/mol. The largest absolute Gasteiger partial charge is 0.395 e. The molecule has 0 aliphatic carbocycles. The van der Waals surface area contributed by atoms with E-state index < -0.39 is 0 Å². The number of β-amino-alcohol motifs (C(OH)–C–C–N with tert-alkyl or cyclic N) is 1. The second kappa shape index (κ2) is 6.45. The predicted molar refractivity (Wildman–Crippen MR) is 71.3 cm³/mol. The average Bonchev–Trinajstić information content (AvgIpc) is 2.48. The van der Waals surface area contributed by atoms with Gasteiger partial charge >= 0.3 is 0 Å². The van der Waals surface area contributed by atoms with Gasteiger partial charge in [0.1, 0.15) is 6.29 Å². The first kappa shape index (κ1) is 13.7. The maximum absolute atomic E-state index is 12.3. The van der Waals surface area contributed by atoms with Gasteiger partial charge < -0.3 is 10.0 Å². The summed E-state index contributed by atoms with van der Waals surface area (Å²) < 4.78 is 0. The van der Waals surface area contributed by atoms with Crippen molar-refractivity contribution in [3.63, 3.8) is 0 Å². The van der Waals surface area contributed by atoms with Crippen LogP contribution in [0.1, 0.15) is 20.7 Å². The third kappa shape index (κ3) is 3.39. The minimum atomic E-state index is -0.0349. The van der Waals surface area contributed by atoms with E-state index in [0.717, 1.165) is 19.4 Å². The van der Waals surface area contributed by atoms with Gasteiger partial charge in [-0.3, -0.25) is 14.5 Å². The van der Waals surface area contributed by atoms with Crippen molar-refractivity contribution in [2.75, 3.05) is 39.3 Å². The summed E-state index contributed by atoms with van der Waals surface area (Å²) in [4.78, 5) is 26.9. The van der Waals surface area contributed by atoms with Crippen molar-refractivity contribution in [1.82, 2.24) is 9.80 Å². The molecule has 1 N–H and O–H groups in total. The molecular weight excluding hydrogens is 244 g/mol. The lowest BCUT2D eigenvalue weighted by Gasteiger charge is -2.34. The minimum Gasteiger partial charge on any atom is -0.395 e. The Hall–Kier alpha value is -1.72. The van der Waals surface area contributed by atoms with Crippen LogP contribution in [0.15, 0.2) is 24.3 Å². The van der Waals surface area contributed by atoms with Gasteiger partial charge in [-0.05, 0) is 12.1 Å². The van der Waals surface area contributed by atoms with Crippen LogP contribution in [-0.4, -0.2) is 66.4 Å². The van der Waals surface area contributed by atoms with Crippen LogP contribution < -0.4 is 0 Å². The van der Waals surface area contributed by atoms with Crippen molar-refractivity contribution < 1.29 is 14.7 Å². The SMILES string of the molecule is O=Cc1cccc(C(=O)N2CCN(CCO)CC2)c1. The lowest BCUT2D eigenvalue weighted by molar-refractivity contribution is 0.0615. The number of hydrogen-bond donors (Lipinski definition) is 1. The maximum atomic E-state index is 12.3. The molecule has 0 unspecified atom stereocenters. The number of nitrogens with zero attached hydrogens (tertiary/aromatic N) is 2. The minimum absolute atomic E-state index is 0.0349. The lowest BCUT2D eigenvalue weighted by Crippen LogP contribution is -2.49. The van der Waals surface area contributed by atoms with Crippen LogP contribution in [0.4, 0.5) is 0 Å². The molecule has 1 heterocycles. The van der Waals surface area contributed by atoms with Gasteiger partial charge in [0, 0.05) is 43.9 Å². The summed E-state index contributed by atoms with van der Waals surface area (Å²) in [5.74, 6) is -0.0349. The highest BCUT2D eigenvalue weighted by molar-refractivity contribution is 5.95. The molecule has 0 aromatic heterocycles. The number of benzene rings is 1. The molecule has 0 saturated carbocycles. The molecule has 0 spiro atoms. The molecule has 19 heavy (non-hydrogen) atoms. The molecule has 1 amide bonds. The van der Waals surface area contributed by atoms with Crippen LogP contribution in [0.5, 0.6) is 0 Å². The van der Waals surface area contributed by atoms with Crippen LogP contribution in [0.25, 0.3) is 0 Å². The van der Waals surface area contributed by atoms with E-state index in [0.29, 0.717) is 30.8 Å². The number of amides is 1. The zero-order chi connectivity index (χ0) is 13.7. The summed E-state index contributed by atoms with van der Waals surface area (Å²) in [5, 5.41) is 8.87. The van der Waals surface area contributed by atoms with Gasteiger partial charge in [-0.2, -0.15) is 0 Å². The van der Waals surface area contributed by atoms with Gasteiger partial charge in [0.15, 0.2) is 0 Å². The number of aliphatic hydroxyl groups excluding tert-OH is 1.